The molecule has 4 nitrogen and oxygen atoms in total. The molecule has 1 aliphatic rings. The molecule has 0 unspecified atom stereocenters. The molecular weight excluding hydrogens is 323 g/mol. The van der Waals surface area contributed by atoms with Gasteiger partial charge in [0.25, 0.3) is 5.91 Å². The Morgan fingerprint density at radius 2 is 2.09 bits per heavy atom. The predicted molar refractivity (Wildman–Crippen MR) is 89.6 cm³/mol. The second kappa shape index (κ2) is 8.16. The topological polar surface area (TPSA) is 52.6 Å². The van der Waals surface area contributed by atoms with Crippen LogP contribution >= 0.6 is 23.2 Å². The predicted octanol–water partition coefficient (Wildman–Crippen LogP) is 2.82. The summed E-state index contributed by atoms with van der Waals surface area (Å²) in [4.78, 5) is 14.3. The summed E-state index contributed by atoms with van der Waals surface area (Å²) in [6, 6.07) is 4.92. The van der Waals surface area contributed by atoms with Gasteiger partial charge < -0.3 is 15.3 Å². The lowest BCUT2D eigenvalue weighted by Crippen LogP contribution is -2.43. The largest absolute Gasteiger partial charge is 0.390 e. The highest BCUT2D eigenvalue weighted by Gasteiger charge is 2.19. The first-order chi connectivity index (χ1) is 10.5. The van der Waals surface area contributed by atoms with Gasteiger partial charge in [-0.2, -0.15) is 0 Å². The van der Waals surface area contributed by atoms with Crippen LogP contribution in [0, 0.1) is 5.92 Å². The third-order valence-electron chi connectivity index (χ3n) is 4.04. The number of benzene rings is 1. The molecule has 1 saturated heterocycles. The summed E-state index contributed by atoms with van der Waals surface area (Å²) in [7, 11) is 0. The summed E-state index contributed by atoms with van der Waals surface area (Å²) < 4.78 is 0. The third-order valence-corrected chi connectivity index (χ3v) is 4.86. The molecule has 2 N–H and O–H groups in total. The molecule has 0 spiro atoms. The lowest BCUT2D eigenvalue weighted by atomic mass is 9.99. The van der Waals surface area contributed by atoms with Gasteiger partial charge in [-0.3, -0.25) is 4.79 Å². The van der Waals surface area contributed by atoms with Gasteiger partial charge in [0.15, 0.2) is 0 Å². The Balaban J connectivity index is 1.79. The van der Waals surface area contributed by atoms with Crippen LogP contribution in [0.25, 0.3) is 0 Å². The van der Waals surface area contributed by atoms with Crippen molar-refractivity contribution >= 4 is 29.1 Å². The maximum atomic E-state index is 12.1. The number of hydrogen-bond acceptors (Lipinski definition) is 3. The number of hydrogen-bond donors (Lipinski definition) is 2. The number of nitrogens with one attached hydrogen (secondary N) is 1. The fraction of sp³-hybridized carbons (Fsp3) is 0.562. The van der Waals surface area contributed by atoms with Gasteiger partial charge in [-0.1, -0.05) is 36.2 Å². The number of nitrogens with zero attached hydrogens (tertiary/aromatic N) is 1. The van der Waals surface area contributed by atoms with Crippen LogP contribution in [0.2, 0.25) is 10.0 Å². The molecule has 0 saturated carbocycles. The smallest absolute Gasteiger partial charge is 0.252 e. The van der Waals surface area contributed by atoms with Crippen LogP contribution < -0.4 is 5.32 Å². The highest BCUT2D eigenvalue weighted by Crippen LogP contribution is 2.25. The number of carbonyl (C=O) groups excluding carboxylic acids is 1. The Bertz CT molecular complexity index is 517. The zero-order valence-electron chi connectivity index (χ0n) is 12.7. The molecule has 6 heteroatoms. The molecule has 1 fully saturated rings. The Morgan fingerprint density at radius 3 is 2.77 bits per heavy atom. The number of likely N-dealkylation sites (tertiary alicyclic amines) is 1. The molecule has 1 heterocycles. The molecule has 2 rings (SSSR count). The zero-order valence-corrected chi connectivity index (χ0v) is 14.2. The van der Waals surface area contributed by atoms with Crippen LogP contribution in [-0.4, -0.2) is 48.2 Å². The fourth-order valence-electron chi connectivity index (χ4n) is 2.59. The second-order valence-electron chi connectivity index (χ2n) is 5.95. The molecule has 1 aliphatic heterocycles. The summed E-state index contributed by atoms with van der Waals surface area (Å²) in [5.74, 6) is 0.442. The molecule has 1 aromatic rings. The minimum absolute atomic E-state index is 0.202. The maximum Gasteiger partial charge on any atom is 0.252 e. The van der Waals surface area contributed by atoms with Crippen molar-refractivity contribution < 1.29 is 9.90 Å². The van der Waals surface area contributed by atoms with Crippen molar-refractivity contribution in [3.05, 3.63) is 33.8 Å². The molecule has 1 amide bonds. The van der Waals surface area contributed by atoms with E-state index in [1.807, 2.05) is 0 Å². The van der Waals surface area contributed by atoms with E-state index >= 15 is 0 Å². The lowest BCUT2D eigenvalue weighted by molar-refractivity contribution is 0.0795. The minimum Gasteiger partial charge on any atom is -0.390 e. The molecule has 22 heavy (non-hydrogen) atoms. The Kier molecular flexibility index (Phi) is 6.50. The molecule has 1 aromatic carbocycles. The first-order valence-electron chi connectivity index (χ1n) is 7.60. The van der Waals surface area contributed by atoms with E-state index in [1.165, 1.54) is 0 Å². The van der Waals surface area contributed by atoms with Crippen LogP contribution in [0.15, 0.2) is 18.2 Å². The van der Waals surface area contributed by atoms with Gasteiger partial charge in [-0.25, -0.2) is 0 Å². The number of aliphatic hydroxyl groups excluding tert-OH is 1. The average molecular weight is 345 g/mol. The molecule has 122 valence electrons. The van der Waals surface area contributed by atoms with Crippen LogP contribution in [0.5, 0.6) is 0 Å². The van der Waals surface area contributed by atoms with E-state index < -0.39 is 6.10 Å². The second-order valence-corrected chi connectivity index (χ2v) is 6.73. The Hall–Kier alpha value is -0.810. The van der Waals surface area contributed by atoms with E-state index in [4.69, 9.17) is 23.2 Å². The van der Waals surface area contributed by atoms with E-state index in [2.05, 4.69) is 17.1 Å². The van der Waals surface area contributed by atoms with Crippen LogP contribution in [-0.2, 0) is 0 Å². The van der Waals surface area contributed by atoms with E-state index in [1.54, 1.807) is 18.2 Å². The van der Waals surface area contributed by atoms with Crippen molar-refractivity contribution in [3.8, 4) is 0 Å². The molecule has 0 aromatic heterocycles. The van der Waals surface area contributed by atoms with E-state index in [-0.39, 0.29) is 17.5 Å². The van der Waals surface area contributed by atoms with Crippen LogP contribution in [0.1, 0.15) is 30.1 Å². The number of amides is 1. The van der Waals surface area contributed by atoms with Crippen molar-refractivity contribution in [3.63, 3.8) is 0 Å². The highest BCUT2D eigenvalue weighted by atomic mass is 35.5. The Morgan fingerprint density at radius 1 is 1.41 bits per heavy atom. The molecule has 0 bridgehead atoms. The van der Waals surface area contributed by atoms with Gasteiger partial charge in [0.1, 0.15) is 0 Å². The molecule has 0 radical (unpaired) electrons. The number of rotatable bonds is 5. The SMILES string of the molecule is CC1CCN(C[C@@H](O)CNC(=O)c2cccc(Cl)c2Cl)CC1. The van der Waals surface area contributed by atoms with Crippen molar-refractivity contribution in [2.75, 3.05) is 26.2 Å². The number of aliphatic hydroxyl groups is 1. The quantitative estimate of drug-likeness (QED) is 0.863. The highest BCUT2D eigenvalue weighted by molar-refractivity contribution is 6.43. The number of halogens is 2. The minimum atomic E-state index is -0.588. The molecular formula is C16H22Cl2N2O2. The van der Waals surface area contributed by atoms with Crippen LogP contribution in [0.4, 0.5) is 0 Å². The number of β-amino-alcohol motifs (C(OH)–C–C–N with tert-alkyl or cyclic N) is 1. The summed E-state index contributed by atoms with van der Waals surface area (Å²) in [5.41, 5.74) is 0.327. The van der Waals surface area contributed by atoms with Gasteiger partial charge >= 0.3 is 0 Å². The standard InChI is InChI=1S/C16H22Cl2N2O2/c1-11-5-7-20(8-6-11)10-12(21)9-19-16(22)13-3-2-4-14(17)15(13)18/h2-4,11-12,21H,5-10H2,1H3,(H,19,22)/t12-/m0/s1. The van der Waals surface area contributed by atoms with Gasteiger partial charge in [-0.05, 0) is 44.0 Å². The first-order valence-corrected chi connectivity index (χ1v) is 8.35. The van der Waals surface area contributed by atoms with E-state index in [9.17, 15) is 9.90 Å². The normalized spacial score (nSPS) is 18.2. The monoisotopic (exact) mass is 344 g/mol. The fourth-order valence-corrected chi connectivity index (χ4v) is 2.98. The van der Waals surface area contributed by atoms with E-state index in [0.717, 1.165) is 31.8 Å². The molecule has 0 aliphatic carbocycles. The van der Waals surface area contributed by atoms with Crippen LogP contribution in [0.3, 0.4) is 0 Å². The molecule has 1 atom stereocenters. The summed E-state index contributed by atoms with van der Waals surface area (Å²) in [5, 5.41) is 13.4. The zero-order chi connectivity index (χ0) is 16.1. The number of carbonyl (C=O) groups is 1. The number of piperidine rings is 1. The summed E-state index contributed by atoms with van der Waals surface area (Å²) in [6.45, 7) is 5.05. The van der Waals surface area contributed by atoms with Crippen molar-refractivity contribution in [1.29, 1.82) is 0 Å². The summed E-state index contributed by atoms with van der Waals surface area (Å²) in [6.07, 6.45) is 1.74. The van der Waals surface area contributed by atoms with Gasteiger partial charge in [-0.15, -0.1) is 0 Å². The summed E-state index contributed by atoms with van der Waals surface area (Å²) >= 11 is 11.9. The van der Waals surface area contributed by atoms with Crippen molar-refractivity contribution in [2.24, 2.45) is 5.92 Å². The van der Waals surface area contributed by atoms with Crippen molar-refractivity contribution in [2.45, 2.75) is 25.9 Å². The Labute approximate surface area is 141 Å². The van der Waals surface area contributed by atoms with E-state index in [0.29, 0.717) is 17.1 Å². The van der Waals surface area contributed by atoms with Gasteiger partial charge in [0, 0.05) is 13.1 Å². The van der Waals surface area contributed by atoms with Crippen molar-refractivity contribution in [1.82, 2.24) is 10.2 Å². The first kappa shape index (κ1) is 17.5. The lowest BCUT2D eigenvalue weighted by Gasteiger charge is -2.31. The average Bonchev–Trinajstić information content (AvgIpc) is 2.50. The van der Waals surface area contributed by atoms with Gasteiger partial charge in [0.2, 0.25) is 0 Å². The van der Waals surface area contributed by atoms with Gasteiger partial charge in [0.05, 0.1) is 21.7 Å². The maximum absolute atomic E-state index is 12.1. The third kappa shape index (κ3) is 4.85.